The number of nitrogens with two attached hydrogens (primary N) is 1. The molecule has 7 nitrogen and oxygen atoms in total. The van der Waals surface area contributed by atoms with Gasteiger partial charge in [0.15, 0.2) is 15.7 Å². The van der Waals surface area contributed by atoms with Gasteiger partial charge in [-0.2, -0.15) is 0 Å². The zero-order valence-corrected chi connectivity index (χ0v) is 9.41. The monoisotopic (exact) mass is 237 g/mol. The summed E-state index contributed by atoms with van der Waals surface area (Å²) in [6.07, 6.45) is 1.36. The van der Waals surface area contributed by atoms with Crippen LogP contribution in [0.5, 0.6) is 0 Å². The van der Waals surface area contributed by atoms with Gasteiger partial charge in [-0.15, -0.1) is 0 Å². The molecule has 0 heterocycles. The Kier molecular flexibility index (Phi) is 5.06. The van der Waals surface area contributed by atoms with E-state index in [9.17, 15) is 13.2 Å². The number of rotatable bonds is 5. The molecule has 0 spiro atoms. The Morgan fingerprint density at radius 1 is 1.60 bits per heavy atom. The summed E-state index contributed by atoms with van der Waals surface area (Å²) in [5.74, 6) is -1.43. The van der Waals surface area contributed by atoms with E-state index >= 15 is 0 Å². The largest absolute Gasteiger partial charge is 0.409 e. The lowest BCUT2D eigenvalue weighted by Crippen LogP contribution is -2.46. The number of hydrogen-bond acceptors (Lipinski definition) is 5. The first-order valence-electron chi connectivity index (χ1n) is 4.24. The average molecular weight is 237 g/mol. The Balaban J connectivity index is 4.39. The molecule has 88 valence electrons. The van der Waals surface area contributed by atoms with Crippen LogP contribution in [0.25, 0.3) is 0 Å². The first kappa shape index (κ1) is 13.7. The van der Waals surface area contributed by atoms with Crippen molar-refractivity contribution in [2.45, 2.75) is 19.4 Å². The molecular weight excluding hydrogens is 222 g/mol. The maximum atomic E-state index is 11.2. The number of carbonyl (C=O) groups is 1. The van der Waals surface area contributed by atoms with E-state index in [0.29, 0.717) is 6.42 Å². The molecule has 0 bridgehead atoms. The standard InChI is InChI=1S/C7H15N3O4S/c1-3-5(7(8)10-12)9-6(11)4-15(2,13)14/h5,12H,3-4H2,1-2H3,(H2,8,10)(H,9,11). The van der Waals surface area contributed by atoms with E-state index in [1.165, 1.54) is 0 Å². The van der Waals surface area contributed by atoms with Crippen molar-refractivity contribution < 1.29 is 18.4 Å². The van der Waals surface area contributed by atoms with Gasteiger partial charge in [0, 0.05) is 6.26 Å². The van der Waals surface area contributed by atoms with Crippen LogP contribution in [0.3, 0.4) is 0 Å². The molecule has 0 saturated carbocycles. The van der Waals surface area contributed by atoms with Crippen molar-refractivity contribution >= 4 is 21.6 Å². The van der Waals surface area contributed by atoms with Crippen LogP contribution in [-0.4, -0.2) is 43.4 Å². The van der Waals surface area contributed by atoms with Crippen LogP contribution in [0.15, 0.2) is 5.16 Å². The normalized spacial score (nSPS) is 14.7. The fourth-order valence-corrected chi connectivity index (χ4v) is 1.49. The van der Waals surface area contributed by atoms with E-state index in [4.69, 9.17) is 10.9 Å². The highest BCUT2D eigenvalue weighted by atomic mass is 32.2. The second kappa shape index (κ2) is 5.54. The molecule has 8 heteroatoms. The number of sulfone groups is 1. The third-order valence-electron chi connectivity index (χ3n) is 1.61. The van der Waals surface area contributed by atoms with Crippen LogP contribution in [0.2, 0.25) is 0 Å². The molecule has 0 aromatic heterocycles. The molecule has 0 aliphatic heterocycles. The quantitative estimate of drug-likeness (QED) is 0.237. The van der Waals surface area contributed by atoms with Gasteiger partial charge in [0.25, 0.3) is 0 Å². The maximum Gasteiger partial charge on any atom is 0.235 e. The summed E-state index contributed by atoms with van der Waals surface area (Å²) in [6, 6.07) is -0.649. The number of hydrogen-bond donors (Lipinski definition) is 3. The minimum absolute atomic E-state index is 0.153. The van der Waals surface area contributed by atoms with Crippen molar-refractivity contribution in [3.63, 3.8) is 0 Å². The third kappa shape index (κ3) is 5.89. The number of amides is 1. The van der Waals surface area contributed by atoms with E-state index in [0.717, 1.165) is 6.26 Å². The van der Waals surface area contributed by atoms with Gasteiger partial charge in [0.2, 0.25) is 5.91 Å². The highest BCUT2D eigenvalue weighted by Gasteiger charge is 2.17. The molecule has 0 radical (unpaired) electrons. The second-order valence-electron chi connectivity index (χ2n) is 3.12. The van der Waals surface area contributed by atoms with Crippen molar-refractivity contribution in [2.75, 3.05) is 12.0 Å². The smallest absolute Gasteiger partial charge is 0.235 e. The van der Waals surface area contributed by atoms with E-state index in [1.807, 2.05) is 0 Å². The van der Waals surface area contributed by atoms with Gasteiger partial charge in [0.05, 0.1) is 6.04 Å². The molecule has 0 saturated heterocycles. The zero-order chi connectivity index (χ0) is 12.1. The number of nitrogens with one attached hydrogen (secondary N) is 1. The van der Waals surface area contributed by atoms with E-state index in [1.54, 1.807) is 6.92 Å². The summed E-state index contributed by atoms with van der Waals surface area (Å²) in [5.41, 5.74) is 5.28. The fourth-order valence-electron chi connectivity index (χ4n) is 0.929. The SMILES string of the molecule is CCC(NC(=O)CS(C)(=O)=O)C(N)=NO. The van der Waals surface area contributed by atoms with Crippen molar-refractivity contribution in [1.29, 1.82) is 0 Å². The molecule has 1 atom stereocenters. The Labute approximate surface area is 88.2 Å². The molecule has 0 rings (SSSR count). The summed E-state index contributed by atoms with van der Waals surface area (Å²) in [7, 11) is -3.36. The van der Waals surface area contributed by atoms with Crippen molar-refractivity contribution in [2.24, 2.45) is 10.9 Å². The molecule has 0 fully saturated rings. The number of nitrogens with zero attached hydrogens (tertiary/aromatic N) is 1. The Morgan fingerprint density at radius 2 is 2.13 bits per heavy atom. The molecule has 15 heavy (non-hydrogen) atoms. The minimum Gasteiger partial charge on any atom is -0.409 e. The summed E-state index contributed by atoms with van der Waals surface area (Å²) < 4.78 is 21.6. The second-order valence-corrected chi connectivity index (χ2v) is 5.26. The van der Waals surface area contributed by atoms with Gasteiger partial charge >= 0.3 is 0 Å². The van der Waals surface area contributed by atoms with Gasteiger partial charge in [-0.3, -0.25) is 4.79 Å². The highest BCUT2D eigenvalue weighted by Crippen LogP contribution is 1.92. The predicted molar refractivity (Wildman–Crippen MR) is 55.3 cm³/mol. The Morgan fingerprint density at radius 3 is 2.47 bits per heavy atom. The van der Waals surface area contributed by atoms with Gasteiger partial charge < -0.3 is 16.3 Å². The van der Waals surface area contributed by atoms with Gasteiger partial charge in [0.1, 0.15) is 5.75 Å². The van der Waals surface area contributed by atoms with Gasteiger partial charge in [-0.25, -0.2) is 8.42 Å². The van der Waals surface area contributed by atoms with Crippen LogP contribution in [-0.2, 0) is 14.6 Å². The van der Waals surface area contributed by atoms with Gasteiger partial charge in [-0.1, -0.05) is 12.1 Å². The molecule has 1 amide bonds. The maximum absolute atomic E-state index is 11.2. The van der Waals surface area contributed by atoms with Crippen LogP contribution < -0.4 is 11.1 Å². The molecule has 0 aromatic carbocycles. The van der Waals surface area contributed by atoms with E-state index < -0.39 is 27.5 Å². The van der Waals surface area contributed by atoms with Crippen molar-refractivity contribution in [3.8, 4) is 0 Å². The third-order valence-corrected chi connectivity index (χ3v) is 2.40. The van der Waals surface area contributed by atoms with E-state index in [2.05, 4.69) is 10.5 Å². The summed E-state index contributed by atoms with van der Waals surface area (Å²) in [5, 5.41) is 13.5. The van der Waals surface area contributed by atoms with Crippen molar-refractivity contribution in [3.05, 3.63) is 0 Å². The first-order chi connectivity index (χ1) is 6.80. The highest BCUT2D eigenvalue weighted by molar-refractivity contribution is 7.91. The predicted octanol–water partition coefficient (Wildman–Crippen LogP) is -1.33. The fraction of sp³-hybridized carbons (Fsp3) is 0.714. The molecule has 1 unspecified atom stereocenters. The Bertz CT molecular complexity index is 349. The lowest BCUT2D eigenvalue weighted by Gasteiger charge is -2.14. The first-order valence-corrected chi connectivity index (χ1v) is 6.30. The summed E-state index contributed by atoms with van der Waals surface area (Å²) in [6.45, 7) is 1.71. The minimum atomic E-state index is -3.36. The van der Waals surface area contributed by atoms with Crippen molar-refractivity contribution in [1.82, 2.24) is 5.32 Å². The molecule has 0 aliphatic rings. The number of carbonyl (C=O) groups excluding carboxylic acids is 1. The molecular formula is C7H15N3O4S. The molecule has 0 aliphatic carbocycles. The zero-order valence-electron chi connectivity index (χ0n) is 8.60. The van der Waals surface area contributed by atoms with E-state index in [-0.39, 0.29) is 5.84 Å². The van der Waals surface area contributed by atoms with Gasteiger partial charge in [-0.05, 0) is 6.42 Å². The van der Waals surface area contributed by atoms with Crippen LogP contribution in [0.4, 0.5) is 0 Å². The lowest BCUT2D eigenvalue weighted by atomic mass is 10.2. The Hall–Kier alpha value is -1.31. The molecule has 4 N–H and O–H groups in total. The number of oxime groups is 1. The number of amidine groups is 1. The lowest BCUT2D eigenvalue weighted by molar-refractivity contribution is -0.118. The van der Waals surface area contributed by atoms with Crippen LogP contribution >= 0.6 is 0 Å². The average Bonchev–Trinajstić information content (AvgIpc) is 2.10. The van der Waals surface area contributed by atoms with Crippen LogP contribution in [0.1, 0.15) is 13.3 Å². The topological polar surface area (TPSA) is 122 Å². The summed E-state index contributed by atoms with van der Waals surface area (Å²) in [4.78, 5) is 11.2. The summed E-state index contributed by atoms with van der Waals surface area (Å²) >= 11 is 0. The molecule has 0 aromatic rings. The van der Waals surface area contributed by atoms with Crippen LogP contribution in [0, 0.1) is 0 Å².